The SMILES string of the molecule is COc1cc(C(N)c2cc3cccc(Cl)c3o2)ccc1C. The Morgan fingerprint density at radius 3 is 2.71 bits per heavy atom. The number of hydrogen-bond acceptors (Lipinski definition) is 3. The number of nitrogens with two attached hydrogens (primary N) is 1. The normalized spacial score (nSPS) is 12.6. The standard InChI is InChI=1S/C17H16ClNO2/c1-10-6-7-11(8-14(10)20-2)16(19)15-9-12-4-3-5-13(18)17(12)21-15/h3-9,16H,19H2,1-2H3. The van der Waals surface area contributed by atoms with E-state index in [9.17, 15) is 0 Å². The summed E-state index contributed by atoms with van der Waals surface area (Å²) in [6.07, 6.45) is 0. The van der Waals surface area contributed by atoms with Gasteiger partial charge < -0.3 is 14.9 Å². The maximum atomic E-state index is 6.31. The molecule has 3 aromatic rings. The number of ether oxygens (including phenoxy) is 1. The van der Waals surface area contributed by atoms with Crippen LogP contribution in [-0.2, 0) is 0 Å². The van der Waals surface area contributed by atoms with Crippen LogP contribution in [-0.4, -0.2) is 7.11 Å². The van der Waals surface area contributed by atoms with Gasteiger partial charge in [0.05, 0.1) is 18.2 Å². The second-order valence-electron chi connectivity index (χ2n) is 5.01. The van der Waals surface area contributed by atoms with Crippen LogP contribution < -0.4 is 10.5 Å². The second kappa shape index (κ2) is 5.43. The lowest BCUT2D eigenvalue weighted by molar-refractivity contribution is 0.410. The molecule has 0 saturated heterocycles. The molecule has 4 heteroatoms. The van der Waals surface area contributed by atoms with Crippen LogP contribution in [0.15, 0.2) is 46.9 Å². The monoisotopic (exact) mass is 301 g/mol. The molecule has 0 amide bonds. The van der Waals surface area contributed by atoms with E-state index in [4.69, 9.17) is 26.5 Å². The van der Waals surface area contributed by atoms with E-state index in [1.165, 1.54) is 0 Å². The molecule has 2 N–H and O–H groups in total. The number of furan rings is 1. The van der Waals surface area contributed by atoms with Crippen LogP contribution in [0.2, 0.25) is 5.02 Å². The fraction of sp³-hybridized carbons (Fsp3) is 0.176. The van der Waals surface area contributed by atoms with Gasteiger partial charge in [-0.3, -0.25) is 0 Å². The predicted octanol–water partition coefficient (Wildman–Crippen LogP) is 4.45. The molecule has 0 fully saturated rings. The third-order valence-electron chi connectivity index (χ3n) is 3.61. The van der Waals surface area contributed by atoms with Crippen molar-refractivity contribution in [3.05, 3.63) is 64.4 Å². The van der Waals surface area contributed by atoms with Crippen LogP contribution in [0.3, 0.4) is 0 Å². The molecule has 0 bridgehead atoms. The molecule has 1 atom stereocenters. The predicted molar refractivity (Wildman–Crippen MR) is 85.0 cm³/mol. The average molecular weight is 302 g/mol. The van der Waals surface area contributed by atoms with Gasteiger partial charge in [0.1, 0.15) is 11.5 Å². The van der Waals surface area contributed by atoms with E-state index in [2.05, 4.69) is 0 Å². The summed E-state index contributed by atoms with van der Waals surface area (Å²) in [6.45, 7) is 2.00. The van der Waals surface area contributed by atoms with E-state index >= 15 is 0 Å². The van der Waals surface area contributed by atoms with Gasteiger partial charge >= 0.3 is 0 Å². The summed E-state index contributed by atoms with van der Waals surface area (Å²) in [5.41, 5.74) is 8.99. The highest BCUT2D eigenvalue weighted by Crippen LogP contribution is 2.32. The lowest BCUT2D eigenvalue weighted by Crippen LogP contribution is -2.11. The molecule has 3 rings (SSSR count). The first-order chi connectivity index (χ1) is 10.1. The van der Waals surface area contributed by atoms with Crippen LogP contribution in [0, 0.1) is 6.92 Å². The quantitative estimate of drug-likeness (QED) is 0.777. The van der Waals surface area contributed by atoms with Crippen molar-refractivity contribution in [2.75, 3.05) is 7.11 Å². The Morgan fingerprint density at radius 1 is 1.19 bits per heavy atom. The van der Waals surface area contributed by atoms with Crippen LogP contribution in [0.5, 0.6) is 5.75 Å². The number of halogens is 1. The lowest BCUT2D eigenvalue weighted by atomic mass is 10.0. The van der Waals surface area contributed by atoms with E-state index in [0.717, 1.165) is 22.3 Å². The number of benzene rings is 2. The molecule has 3 nitrogen and oxygen atoms in total. The van der Waals surface area contributed by atoms with E-state index in [0.29, 0.717) is 16.4 Å². The molecule has 1 aromatic heterocycles. The van der Waals surface area contributed by atoms with Gasteiger partial charge in [-0.25, -0.2) is 0 Å². The number of para-hydroxylation sites is 1. The molecular weight excluding hydrogens is 286 g/mol. The van der Waals surface area contributed by atoms with Gasteiger partial charge in [-0.15, -0.1) is 0 Å². The Kier molecular flexibility index (Phi) is 3.62. The molecule has 0 saturated carbocycles. The summed E-state index contributed by atoms with van der Waals surface area (Å²) >= 11 is 6.13. The second-order valence-corrected chi connectivity index (χ2v) is 5.42. The minimum absolute atomic E-state index is 0.358. The zero-order valence-electron chi connectivity index (χ0n) is 11.9. The summed E-state index contributed by atoms with van der Waals surface area (Å²) in [7, 11) is 1.65. The van der Waals surface area contributed by atoms with Crippen molar-refractivity contribution in [1.29, 1.82) is 0 Å². The minimum Gasteiger partial charge on any atom is -0.496 e. The minimum atomic E-state index is -0.358. The Morgan fingerprint density at radius 2 is 2.00 bits per heavy atom. The molecule has 1 unspecified atom stereocenters. The number of rotatable bonds is 3. The maximum Gasteiger partial charge on any atom is 0.152 e. The van der Waals surface area contributed by atoms with Gasteiger partial charge in [-0.2, -0.15) is 0 Å². The summed E-state index contributed by atoms with van der Waals surface area (Å²) in [5, 5.41) is 1.54. The molecule has 0 radical (unpaired) electrons. The van der Waals surface area contributed by atoms with Gasteiger partial charge in [-0.1, -0.05) is 35.9 Å². The lowest BCUT2D eigenvalue weighted by Gasteiger charge is -2.12. The van der Waals surface area contributed by atoms with Crippen LogP contribution >= 0.6 is 11.6 Å². The molecule has 0 aliphatic rings. The maximum absolute atomic E-state index is 6.31. The van der Waals surface area contributed by atoms with E-state index in [1.54, 1.807) is 13.2 Å². The Hall–Kier alpha value is -1.97. The Bertz CT molecular complexity index is 795. The first kappa shape index (κ1) is 14.0. The van der Waals surface area contributed by atoms with Crippen molar-refractivity contribution in [2.45, 2.75) is 13.0 Å². The first-order valence-electron chi connectivity index (χ1n) is 6.68. The molecule has 0 spiro atoms. The molecule has 21 heavy (non-hydrogen) atoms. The number of hydrogen-bond donors (Lipinski definition) is 1. The zero-order chi connectivity index (χ0) is 15.0. The van der Waals surface area contributed by atoms with Gasteiger partial charge in [0, 0.05) is 5.39 Å². The average Bonchev–Trinajstić information content (AvgIpc) is 2.92. The van der Waals surface area contributed by atoms with Crippen molar-refractivity contribution in [3.8, 4) is 5.75 Å². The Labute approximate surface area is 128 Å². The molecule has 108 valence electrons. The fourth-order valence-corrected chi connectivity index (χ4v) is 2.62. The molecule has 0 aliphatic carbocycles. The van der Waals surface area contributed by atoms with E-state index < -0.39 is 0 Å². The highest BCUT2D eigenvalue weighted by molar-refractivity contribution is 6.34. The molecule has 0 aliphatic heterocycles. The summed E-state index contributed by atoms with van der Waals surface area (Å²) in [5.74, 6) is 1.50. The number of methoxy groups -OCH3 is 1. The highest BCUT2D eigenvalue weighted by Gasteiger charge is 2.16. The third-order valence-corrected chi connectivity index (χ3v) is 3.91. The summed E-state index contributed by atoms with van der Waals surface area (Å²) < 4.78 is 11.2. The van der Waals surface area contributed by atoms with Gasteiger partial charge in [0.25, 0.3) is 0 Å². The van der Waals surface area contributed by atoms with Gasteiger partial charge in [0.2, 0.25) is 0 Å². The largest absolute Gasteiger partial charge is 0.496 e. The number of aryl methyl sites for hydroxylation is 1. The van der Waals surface area contributed by atoms with Crippen molar-refractivity contribution in [2.24, 2.45) is 5.73 Å². The Balaban J connectivity index is 2.03. The summed E-state index contributed by atoms with van der Waals surface area (Å²) in [4.78, 5) is 0. The van der Waals surface area contributed by atoms with Gasteiger partial charge in [-0.05, 0) is 36.2 Å². The molecule has 1 heterocycles. The van der Waals surface area contributed by atoms with Crippen LogP contribution in [0.25, 0.3) is 11.0 Å². The van der Waals surface area contributed by atoms with Crippen molar-refractivity contribution < 1.29 is 9.15 Å². The third kappa shape index (κ3) is 2.50. The topological polar surface area (TPSA) is 48.4 Å². The molecular formula is C17H16ClNO2. The molecule has 2 aromatic carbocycles. The van der Waals surface area contributed by atoms with Crippen LogP contribution in [0.4, 0.5) is 0 Å². The van der Waals surface area contributed by atoms with Crippen molar-refractivity contribution in [1.82, 2.24) is 0 Å². The van der Waals surface area contributed by atoms with E-state index in [-0.39, 0.29) is 6.04 Å². The first-order valence-corrected chi connectivity index (χ1v) is 7.06. The fourth-order valence-electron chi connectivity index (χ4n) is 2.40. The zero-order valence-corrected chi connectivity index (χ0v) is 12.6. The number of fused-ring (bicyclic) bond motifs is 1. The van der Waals surface area contributed by atoms with Gasteiger partial charge in [0.15, 0.2) is 5.58 Å². The summed E-state index contributed by atoms with van der Waals surface area (Å²) in [6, 6.07) is 13.1. The highest BCUT2D eigenvalue weighted by atomic mass is 35.5. The van der Waals surface area contributed by atoms with Crippen LogP contribution in [0.1, 0.15) is 22.9 Å². The smallest absolute Gasteiger partial charge is 0.152 e. The van der Waals surface area contributed by atoms with Crippen molar-refractivity contribution in [3.63, 3.8) is 0 Å². The van der Waals surface area contributed by atoms with Crippen molar-refractivity contribution >= 4 is 22.6 Å². The van der Waals surface area contributed by atoms with E-state index in [1.807, 2.05) is 43.3 Å².